The van der Waals surface area contributed by atoms with E-state index in [0.717, 1.165) is 23.1 Å². The fourth-order valence-electron chi connectivity index (χ4n) is 4.28. The van der Waals surface area contributed by atoms with Crippen LogP contribution in [-0.2, 0) is 4.74 Å². The first-order chi connectivity index (χ1) is 15.9. The van der Waals surface area contributed by atoms with Crippen LogP contribution in [0.3, 0.4) is 0 Å². The molecule has 1 aliphatic heterocycles. The Labute approximate surface area is 200 Å². The lowest BCUT2D eigenvalue weighted by molar-refractivity contribution is 0.0599. The number of carbonyl (C=O) groups excluding carboxylic acids is 2. The molecule has 1 aliphatic rings. The van der Waals surface area contributed by atoms with Gasteiger partial charge in [0.05, 0.1) is 29.7 Å². The molecule has 8 heteroatoms. The van der Waals surface area contributed by atoms with Crippen LogP contribution >= 0.6 is 15.9 Å². The van der Waals surface area contributed by atoms with E-state index < -0.39 is 12.0 Å². The van der Waals surface area contributed by atoms with Gasteiger partial charge < -0.3 is 19.0 Å². The highest BCUT2D eigenvalue weighted by atomic mass is 79.9. The van der Waals surface area contributed by atoms with Crippen LogP contribution < -0.4 is 5.43 Å². The number of amides is 1. The summed E-state index contributed by atoms with van der Waals surface area (Å²) in [6.07, 6.45) is 0. The summed E-state index contributed by atoms with van der Waals surface area (Å²) in [4.78, 5) is 42.8. The van der Waals surface area contributed by atoms with Gasteiger partial charge in [-0.2, -0.15) is 0 Å². The quantitative estimate of drug-likeness (QED) is 0.440. The summed E-state index contributed by atoms with van der Waals surface area (Å²) >= 11 is 3.41. The van der Waals surface area contributed by atoms with E-state index in [-0.39, 0.29) is 17.1 Å². The van der Waals surface area contributed by atoms with Gasteiger partial charge in [-0.05, 0) is 49.0 Å². The van der Waals surface area contributed by atoms with Gasteiger partial charge in [-0.1, -0.05) is 41.9 Å². The molecule has 33 heavy (non-hydrogen) atoms. The second kappa shape index (κ2) is 9.49. The lowest BCUT2D eigenvalue weighted by Gasteiger charge is -2.28. The summed E-state index contributed by atoms with van der Waals surface area (Å²) < 4.78 is 11.5. The average Bonchev–Trinajstić information content (AvgIpc) is 3.11. The molecule has 0 N–H and O–H groups in total. The van der Waals surface area contributed by atoms with Gasteiger partial charge in [-0.15, -0.1) is 0 Å². The maximum Gasteiger partial charge on any atom is 0.337 e. The molecule has 0 spiro atoms. The molecular formula is C25H25BrN2O5. The van der Waals surface area contributed by atoms with Crippen molar-refractivity contribution in [3.8, 4) is 0 Å². The summed E-state index contributed by atoms with van der Waals surface area (Å²) in [5.41, 5.74) is 1.61. The zero-order chi connectivity index (χ0) is 23.7. The Bertz CT molecular complexity index is 1260. The third kappa shape index (κ3) is 4.20. The third-order valence-corrected chi connectivity index (χ3v) is 6.62. The molecule has 1 atom stereocenters. The predicted molar refractivity (Wildman–Crippen MR) is 129 cm³/mol. The van der Waals surface area contributed by atoms with Crippen molar-refractivity contribution < 1.29 is 18.7 Å². The van der Waals surface area contributed by atoms with Crippen molar-refractivity contribution in [1.29, 1.82) is 0 Å². The summed E-state index contributed by atoms with van der Waals surface area (Å²) in [6, 6.07) is 11.4. The zero-order valence-corrected chi connectivity index (χ0v) is 20.3. The van der Waals surface area contributed by atoms with E-state index in [9.17, 15) is 14.4 Å². The molecular weight excluding hydrogens is 488 g/mol. The van der Waals surface area contributed by atoms with Gasteiger partial charge in [0, 0.05) is 17.6 Å². The minimum atomic E-state index is -0.602. The Morgan fingerprint density at radius 3 is 2.45 bits per heavy atom. The molecule has 0 saturated carbocycles. The molecule has 0 aliphatic carbocycles. The van der Waals surface area contributed by atoms with E-state index in [1.165, 1.54) is 7.11 Å². The van der Waals surface area contributed by atoms with Crippen LogP contribution in [0.15, 0.2) is 56.1 Å². The number of nitrogens with zero attached hydrogens (tertiary/aromatic N) is 2. The lowest BCUT2D eigenvalue weighted by atomic mass is 9.97. The van der Waals surface area contributed by atoms with Crippen molar-refractivity contribution in [2.45, 2.75) is 19.9 Å². The topological polar surface area (TPSA) is 80.1 Å². The van der Waals surface area contributed by atoms with Crippen LogP contribution in [0.5, 0.6) is 0 Å². The van der Waals surface area contributed by atoms with E-state index >= 15 is 0 Å². The number of fused-ring (bicyclic) bond motifs is 2. The Morgan fingerprint density at radius 2 is 1.82 bits per heavy atom. The van der Waals surface area contributed by atoms with Crippen LogP contribution in [-0.4, -0.2) is 55.0 Å². The molecule has 2 aromatic carbocycles. The summed E-state index contributed by atoms with van der Waals surface area (Å²) in [5.74, 6) is -0.671. The minimum Gasteiger partial charge on any atom is -0.465 e. The van der Waals surface area contributed by atoms with Crippen LogP contribution in [0.1, 0.15) is 51.9 Å². The molecule has 0 unspecified atom stereocenters. The van der Waals surface area contributed by atoms with Crippen molar-refractivity contribution in [3.63, 3.8) is 0 Å². The Kier molecular flexibility index (Phi) is 6.67. The molecule has 7 nitrogen and oxygen atoms in total. The number of hydrogen-bond donors (Lipinski definition) is 0. The molecule has 0 bridgehead atoms. The third-order valence-electron chi connectivity index (χ3n) is 6.13. The maximum absolute atomic E-state index is 13.6. The largest absolute Gasteiger partial charge is 0.465 e. The van der Waals surface area contributed by atoms with Gasteiger partial charge in [-0.25, -0.2) is 4.79 Å². The highest BCUT2D eigenvalue weighted by molar-refractivity contribution is 9.10. The Hall–Kier alpha value is -2.97. The highest BCUT2D eigenvalue weighted by Crippen LogP contribution is 2.38. The van der Waals surface area contributed by atoms with Gasteiger partial charge in [-0.3, -0.25) is 9.59 Å². The zero-order valence-electron chi connectivity index (χ0n) is 18.8. The molecule has 0 radical (unpaired) electrons. The molecule has 0 saturated heterocycles. The number of likely N-dealkylation sites (N-methyl/N-ethyl adjacent to an activating group) is 1. The number of rotatable bonds is 7. The first-order valence-corrected chi connectivity index (χ1v) is 11.7. The lowest BCUT2D eigenvalue weighted by Crippen LogP contribution is -2.37. The Balaban J connectivity index is 1.85. The van der Waals surface area contributed by atoms with Crippen LogP contribution in [0.2, 0.25) is 0 Å². The van der Waals surface area contributed by atoms with E-state index in [1.807, 2.05) is 0 Å². The monoisotopic (exact) mass is 512 g/mol. The second-order valence-electron chi connectivity index (χ2n) is 7.86. The van der Waals surface area contributed by atoms with Crippen molar-refractivity contribution in [3.05, 3.63) is 79.6 Å². The molecule has 3 aromatic rings. The van der Waals surface area contributed by atoms with E-state index in [1.54, 1.807) is 47.4 Å². The molecule has 0 fully saturated rings. The fourth-order valence-corrected chi connectivity index (χ4v) is 4.64. The molecule has 2 heterocycles. The summed E-state index contributed by atoms with van der Waals surface area (Å²) in [5, 5.41) is 0.415. The van der Waals surface area contributed by atoms with Gasteiger partial charge in [0.15, 0.2) is 5.43 Å². The van der Waals surface area contributed by atoms with Crippen molar-refractivity contribution in [1.82, 2.24) is 9.80 Å². The van der Waals surface area contributed by atoms with E-state index in [2.05, 4.69) is 34.7 Å². The minimum absolute atomic E-state index is 0.0800. The normalized spacial score (nSPS) is 15.4. The highest BCUT2D eigenvalue weighted by Gasteiger charge is 2.42. The van der Waals surface area contributed by atoms with Crippen molar-refractivity contribution >= 4 is 38.8 Å². The summed E-state index contributed by atoms with van der Waals surface area (Å²) in [7, 11) is 1.32. The standard InChI is InChI=1S/C25H25BrN2O5/c1-4-27(5-2)12-13-28-21(15-6-8-16(9-7-15)25(31)32-3)20-22(29)18-14-17(26)10-11-19(18)33-23(20)24(28)30/h6-11,14,21H,4-5,12-13H2,1-3H3/t21-/m1/s1. The van der Waals surface area contributed by atoms with E-state index in [0.29, 0.717) is 35.2 Å². The number of ether oxygens (including phenoxy) is 1. The van der Waals surface area contributed by atoms with Crippen molar-refractivity contribution in [2.24, 2.45) is 0 Å². The number of carbonyl (C=O) groups is 2. The number of hydrogen-bond acceptors (Lipinski definition) is 6. The first-order valence-electron chi connectivity index (χ1n) is 10.9. The van der Waals surface area contributed by atoms with Gasteiger partial charge in [0.1, 0.15) is 5.58 Å². The van der Waals surface area contributed by atoms with Crippen LogP contribution in [0.25, 0.3) is 11.0 Å². The predicted octanol–water partition coefficient (Wildman–Crippen LogP) is 4.23. The van der Waals surface area contributed by atoms with Crippen molar-refractivity contribution in [2.75, 3.05) is 33.3 Å². The first kappa shape index (κ1) is 23.2. The molecule has 1 aromatic heterocycles. The Morgan fingerprint density at radius 1 is 1.12 bits per heavy atom. The smallest absolute Gasteiger partial charge is 0.337 e. The molecule has 4 rings (SSSR count). The average molecular weight is 513 g/mol. The van der Waals surface area contributed by atoms with Gasteiger partial charge in [0.2, 0.25) is 5.76 Å². The summed E-state index contributed by atoms with van der Waals surface area (Å²) in [6.45, 7) is 6.97. The molecule has 172 valence electrons. The van der Waals surface area contributed by atoms with E-state index in [4.69, 9.17) is 9.15 Å². The van der Waals surface area contributed by atoms with Gasteiger partial charge >= 0.3 is 5.97 Å². The number of esters is 1. The number of benzene rings is 2. The number of halogens is 1. The van der Waals surface area contributed by atoms with Crippen LogP contribution in [0.4, 0.5) is 0 Å². The van der Waals surface area contributed by atoms with Gasteiger partial charge in [0.25, 0.3) is 5.91 Å². The number of methoxy groups -OCH3 is 1. The SMILES string of the molecule is CCN(CC)CCN1C(=O)c2oc3ccc(Br)cc3c(=O)c2[C@H]1c1ccc(C(=O)OC)cc1. The second-order valence-corrected chi connectivity index (χ2v) is 8.77. The fraction of sp³-hybridized carbons (Fsp3) is 0.320. The maximum atomic E-state index is 13.6. The van der Waals surface area contributed by atoms with Crippen LogP contribution in [0, 0.1) is 0 Å². The molecule has 1 amide bonds.